The number of nitrogens with one attached hydrogen (secondary N) is 1. The van der Waals surface area contributed by atoms with Crippen LogP contribution in [0, 0.1) is 0 Å². The Kier molecular flexibility index (Phi) is 5.62. The van der Waals surface area contributed by atoms with E-state index in [4.69, 9.17) is 0 Å². The molecule has 1 N–H and O–H groups in total. The molecule has 1 saturated heterocycles. The third-order valence-electron chi connectivity index (χ3n) is 4.48. The normalized spacial score (nSPS) is 21.4. The minimum Gasteiger partial charge on any atom is -0.364 e. The number of nitrogens with zero attached hydrogens (tertiary/aromatic N) is 2. The molecule has 1 aromatic rings. The van der Waals surface area contributed by atoms with Crippen molar-refractivity contribution in [2.24, 2.45) is 0 Å². The Labute approximate surface area is 142 Å². The van der Waals surface area contributed by atoms with Crippen molar-refractivity contribution in [1.29, 1.82) is 0 Å². The maximum absolute atomic E-state index is 14.3. The summed E-state index contributed by atoms with van der Waals surface area (Å²) in [6.07, 6.45) is 7.15. The lowest BCUT2D eigenvalue weighted by Crippen LogP contribution is -2.31. The van der Waals surface area contributed by atoms with Crippen LogP contribution in [0.15, 0.2) is 53.9 Å². The average molecular weight is 349 g/mol. The second kappa shape index (κ2) is 7.89. The molecule has 2 unspecified atom stereocenters. The number of allylic oxidation sites excluding steroid dienone is 2. The molecule has 0 bridgehead atoms. The van der Waals surface area contributed by atoms with Gasteiger partial charge in [-0.1, -0.05) is 14.6 Å². The van der Waals surface area contributed by atoms with Crippen molar-refractivity contribution in [1.82, 2.24) is 10.2 Å². The van der Waals surface area contributed by atoms with E-state index in [1.807, 2.05) is 24.4 Å². The van der Waals surface area contributed by atoms with Crippen LogP contribution in [0.25, 0.3) is 0 Å². The Morgan fingerprint density at radius 3 is 2.96 bits per heavy atom. The van der Waals surface area contributed by atoms with Crippen LogP contribution in [0.2, 0.25) is 0 Å². The second-order valence-corrected chi connectivity index (χ2v) is 7.06. The summed E-state index contributed by atoms with van der Waals surface area (Å²) in [6, 6.07) is 5.93. The molecule has 2 aliphatic rings. The van der Waals surface area contributed by atoms with Gasteiger partial charge in [-0.05, 0) is 43.0 Å². The Balaban J connectivity index is 1.98. The zero-order valence-electron chi connectivity index (χ0n) is 13.7. The molecule has 3 rings (SSSR count). The fourth-order valence-electron chi connectivity index (χ4n) is 3.25. The molecular weight excluding hydrogens is 327 g/mol. The number of aromatic nitrogens is 2. The molecule has 1 aliphatic heterocycles. The van der Waals surface area contributed by atoms with Crippen molar-refractivity contribution in [3.8, 4) is 0 Å². The van der Waals surface area contributed by atoms with Crippen molar-refractivity contribution >= 4 is 19.6 Å². The van der Waals surface area contributed by atoms with Crippen molar-refractivity contribution < 1.29 is 8.78 Å². The SMILES string of the molecule is CPc1ccc(N2CCCC2C2=C(F)CCC(F)=C2)cc[nH]nc1. The molecule has 1 aromatic heterocycles. The fourth-order valence-corrected chi connectivity index (χ4v) is 3.70. The Morgan fingerprint density at radius 1 is 1.25 bits per heavy atom. The van der Waals surface area contributed by atoms with Gasteiger partial charge in [-0.2, -0.15) is 5.10 Å². The number of aromatic amines is 1. The molecule has 24 heavy (non-hydrogen) atoms. The van der Waals surface area contributed by atoms with Gasteiger partial charge in [0.15, 0.2) is 0 Å². The van der Waals surface area contributed by atoms with E-state index in [-0.39, 0.29) is 30.5 Å². The summed E-state index contributed by atoms with van der Waals surface area (Å²) in [6.45, 7) is 2.94. The van der Waals surface area contributed by atoms with E-state index in [1.165, 1.54) is 6.08 Å². The first-order valence-electron chi connectivity index (χ1n) is 8.25. The smallest absolute Gasteiger partial charge is 0.106 e. The van der Waals surface area contributed by atoms with E-state index < -0.39 is 0 Å². The van der Waals surface area contributed by atoms with Gasteiger partial charge in [0, 0.05) is 36.8 Å². The third-order valence-corrected chi connectivity index (χ3v) is 5.35. The lowest BCUT2D eigenvalue weighted by atomic mass is 9.96. The van der Waals surface area contributed by atoms with Crippen LogP contribution in [0.4, 0.5) is 14.5 Å². The minimum atomic E-state index is -0.221. The van der Waals surface area contributed by atoms with Gasteiger partial charge in [0.2, 0.25) is 0 Å². The molecule has 0 aromatic carbocycles. The maximum atomic E-state index is 14.3. The van der Waals surface area contributed by atoms with Gasteiger partial charge in [-0.25, -0.2) is 8.78 Å². The predicted octanol–water partition coefficient (Wildman–Crippen LogP) is 4.31. The van der Waals surface area contributed by atoms with Crippen molar-refractivity contribution in [3.05, 3.63) is 53.9 Å². The molecule has 0 amide bonds. The van der Waals surface area contributed by atoms with Gasteiger partial charge in [-0.3, -0.25) is 5.10 Å². The molecule has 6 heteroatoms. The van der Waals surface area contributed by atoms with Gasteiger partial charge in [0.1, 0.15) is 11.7 Å². The third kappa shape index (κ3) is 3.84. The molecule has 0 radical (unpaired) electrons. The van der Waals surface area contributed by atoms with E-state index in [0.717, 1.165) is 30.4 Å². The van der Waals surface area contributed by atoms with Gasteiger partial charge < -0.3 is 4.90 Å². The summed E-state index contributed by atoms with van der Waals surface area (Å²) < 4.78 is 28.0. The fraction of sp³-hybridized carbons (Fsp3) is 0.389. The van der Waals surface area contributed by atoms with Crippen LogP contribution in [-0.4, -0.2) is 29.4 Å². The number of halogens is 2. The summed E-state index contributed by atoms with van der Waals surface area (Å²) in [5.41, 5.74) is 1.50. The number of anilines is 1. The van der Waals surface area contributed by atoms with Crippen LogP contribution < -0.4 is 10.2 Å². The van der Waals surface area contributed by atoms with Crippen molar-refractivity contribution in [3.63, 3.8) is 0 Å². The predicted molar refractivity (Wildman–Crippen MR) is 97.0 cm³/mol. The van der Waals surface area contributed by atoms with E-state index in [0.29, 0.717) is 14.2 Å². The minimum absolute atomic E-state index is 0.102. The van der Waals surface area contributed by atoms with E-state index >= 15 is 0 Å². The monoisotopic (exact) mass is 349 g/mol. The Morgan fingerprint density at radius 2 is 2.12 bits per heavy atom. The summed E-state index contributed by atoms with van der Waals surface area (Å²) in [7, 11) is 0.640. The highest BCUT2D eigenvalue weighted by Gasteiger charge is 2.30. The number of rotatable bonds is 3. The summed E-state index contributed by atoms with van der Waals surface area (Å²) in [4.78, 5) is 2.17. The number of H-pyrrole nitrogens is 1. The lowest BCUT2D eigenvalue weighted by molar-refractivity contribution is 0.506. The molecule has 0 spiro atoms. The van der Waals surface area contributed by atoms with Crippen LogP contribution in [0.5, 0.6) is 0 Å². The van der Waals surface area contributed by atoms with E-state index in [2.05, 4.69) is 21.8 Å². The molecule has 0 saturated carbocycles. The Bertz CT molecular complexity index is 710. The van der Waals surface area contributed by atoms with Gasteiger partial charge in [0.25, 0.3) is 0 Å². The first-order valence-corrected chi connectivity index (χ1v) is 9.75. The van der Waals surface area contributed by atoms with Crippen LogP contribution in [0.1, 0.15) is 25.7 Å². The molecule has 1 fully saturated rings. The highest BCUT2D eigenvalue weighted by Crippen LogP contribution is 2.36. The van der Waals surface area contributed by atoms with Crippen LogP contribution >= 0.6 is 8.58 Å². The second-order valence-electron chi connectivity index (χ2n) is 5.99. The van der Waals surface area contributed by atoms with Gasteiger partial charge in [-0.15, -0.1) is 0 Å². The van der Waals surface area contributed by atoms with Gasteiger partial charge >= 0.3 is 0 Å². The largest absolute Gasteiger partial charge is 0.364 e. The topological polar surface area (TPSA) is 31.9 Å². The molecule has 2 atom stereocenters. The molecular formula is C18H22F2N3P. The van der Waals surface area contributed by atoms with Crippen LogP contribution in [0.3, 0.4) is 0 Å². The number of hydrogen-bond acceptors (Lipinski definition) is 2. The zero-order valence-corrected chi connectivity index (χ0v) is 14.7. The first kappa shape index (κ1) is 17.1. The average Bonchev–Trinajstić information content (AvgIpc) is 3.09. The maximum Gasteiger partial charge on any atom is 0.106 e. The highest BCUT2D eigenvalue weighted by atomic mass is 31.1. The van der Waals surface area contributed by atoms with E-state index in [1.54, 1.807) is 6.20 Å². The zero-order chi connectivity index (χ0) is 16.9. The van der Waals surface area contributed by atoms with Crippen molar-refractivity contribution in [2.45, 2.75) is 31.7 Å². The van der Waals surface area contributed by atoms with Gasteiger partial charge in [0.05, 0.1) is 12.2 Å². The summed E-state index contributed by atoms with van der Waals surface area (Å²) in [5.74, 6) is -0.393. The van der Waals surface area contributed by atoms with Crippen LogP contribution in [-0.2, 0) is 0 Å². The summed E-state index contributed by atoms with van der Waals surface area (Å²) in [5, 5.41) is 8.15. The molecule has 3 nitrogen and oxygen atoms in total. The first-order chi connectivity index (χ1) is 11.7. The van der Waals surface area contributed by atoms with Crippen molar-refractivity contribution in [2.75, 3.05) is 18.1 Å². The van der Waals surface area contributed by atoms with E-state index in [9.17, 15) is 8.78 Å². The molecule has 1 aliphatic carbocycles. The Hall–Kier alpha value is -1.74. The molecule has 128 valence electrons. The quantitative estimate of drug-likeness (QED) is 0.825. The highest BCUT2D eigenvalue weighted by molar-refractivity contribution is 7.46. The standard InChI is InChI=1S/C18H22F2N3P/c1-24-15-6-5-14(8-9-21-22-12-15)23-10-2-3-18(23)16-11-13(19)4-7-17(16)20/h5-6,8-9,11-12,18,21,24H,2-4,7,10H2,1H3. The number of hydrogen-bond donors (Lipinski definition) is 1. The molecule has 2 heterocycles. The lowest BCUT2D eigenvalue weighted by Gasteiger charge is -2.29. The summed E-state index contributed by atoms with van der Waals surface area (Å²) >= 11 is 0.